The van der Waals surface area contributed by atoms with E-state index in [9.17, 15) is 24.0 Å². The second kappa shape index (κ2) is 8.70. The van der Waals surface area contributed by atoms with Crippen LogP contribution in [0.1, 0.15) is 53.2 Å². The topological polar surface area (TPSA) is 184 Å². The van der Waals surface area contributed by atoms with Crippen LogP contribution in [0.2, 0.25) is 0 Å². The zero-order valence-electron chi connectivity index (χ0n) is 17.3. The molecule has 0 spiro atoms. The number of nitrogens with two attached hydrogens (primary N) is 2. The number of nitrogens with zero attached hydrogens (tertiary/aromatic N) is 5. The second-order valence-corrected chi connectivity index (χ2v) is 7.60. The van der Waals surface area contributed by atoms with Crippen LogP contribution in [0.4, 0.5) is 0 Å². The molecule has 0 bridgehead atoms. The number of hydrogen-bond donors (Lipinski definition) is 2. The van der Waals surface area contributed by atoms with Crippen molar-refractivity contribution in [3.05, 3.63) is 11.4 Å². The van der Waals surface area contributed by atoms with Gasteiger partial charge in [-0.25, -0.2) is 9.48 Å². The molecule has 2 aliphatic rings. The van der Waals surface area contributed by atoms with Crippen molar-refractivity contribution in [3.63, 3.8) is 0 Å². The van der Waals surface area contributed by atoms with Crippen molar-refractivity contribution in [2.75, 3.05) is 26.7 Å². The number of carbonyl (C=O) groups is 5. The van der Waals surface area contributed by atoms with Gasteiger partial charge in [-0.15, -0.1) is 5.10 Å². The van der Waals surface area contributed by atoms with Crippen molar-refractivity contribution in [1.29, 1.82) is 0 Å². The Kier molecular flexibility index (Phi) is 6.22. The average Bonchev–Trinajstić information content (AvgIpc) is 3.37. The molecule has 2 saturated heterocycles. The lowest BCUT2D eigenvalue weighted by molar-refractivity contribution is -0.154. The molecule has 4 N–H and O–H groups in total. The number of ether oxygens (including phenoxy) is 1. The van der Waals surface area contributed by atoms with Crippen LogP contribution in [0.3, 0.4) is 0 Å². The Labute approximate surface area is 177 Å². The van der Waals surface area contributed by atoms with E-state index in [2.05, 4.69) is 10.3 Å². The summed E-state index contributed by atoms with van der Waals surface area (Å²) in [5, 5.41) is 7.45. The van der Waals surface area contributed by atoms with Crippen LogP contribution >= 0.6 is 0 Å². The molecule has 13 nitrogen and oxygen atoms in total. The minimum Gasteiger partial charge on any atom is -0.467 e. The molecule has 0 saturated carbocycles. The Morgan fingerprint density at radius 3 is 2.16 bits per heavy atom. The van der Waals surface area contributed by atoms with Crippen LogP contribution in [0, 0.1) is 5.92 Å². The van der Waals surface area contributed by atoms with Crippen molar-refractivity contribution < 1.29 is 28.7 Å². The Balaban J connectivity index is 1.88. The number of esters is 1. The average molecular weight is 435 g/mol. The molecule has 168 valence electrons. The number of piperidine rings is 1. The smallest absolute Gasteiger partial charge is 0.330 e. The van der Waals surface area contributed by atoms with Crippen molar-refractivity contribution in [2.24, 2.45) is 17.4 Å². The maximum atomic E-state index is 13.2. The highest BCUT2D eigenvalue weighted by Crippen LogP contribution is 2.33. The molecule has 0 unspecified atom stereocenters. The van der Waals surface area contributed by atoms with E-state index in [1.54, 1.807) is 4.90 Å². The Bertz CT molecular complexity index is 920. The first-order chi connectivity index (χ1) is 14.7. The number of aromatic nitrogens is 3. The van der Waals surface area contributed by atoms with Gasteiger partial charge in [0.1, 0.15) is 0 Å². The number of methoxy groups -OCH3 is 1. The van der Waals surface area contributed by atoms with Crippen LogP contribution in [-0.2, 0) is 19.1 Å². The minimum absolute atomic E-state index is 0.0463. The zero-order valence-corrected chi connectivity index (χ0v) is 17.3. The fraction of sp³-hybridized carbons (Fsp3) is 0.611. The highest BCUT2D eigenvalue weighted by Gasteiger charge is 2.47. The molecule has 2 atom stereocenters. The van der Waals surface area contributed by atoms with Gasteiger partial charge in [0.25, 0.3) is 11.8 Å². The normalized spacial score (nSPS) is 21.7. The fourth-order valence-electron chi connectivity index (χ4n) is 4.28. The molecule has 2 fully saturated rings. The molecule has 0 radical (unpaired) electrons. The van der Waals surface area contributed by atoms with E-state index in [0.717, 1.165) is 4.68 Å². The second-order valence-electron chi connectivity index (χ2n) is 7.60. The number of carbonyl (C=O) groups excluding carboxylic acids is 5. The first-order valence-electron chi connectivity index (χ1n) is 9.86. The summed E-state index contributed by atoms with van der Waals surface area (Å²) in [5.41, 5.74) is 9.91. The Hall–Kier alpha value is -3.51. The molecule has 0 aliphatic carbocycles. The summed E-state index contributed by atoms with van der Waals surface area (Å²) in [6, 6.07) is -1.89. The number of amides is 4. The molecular weight excluding hydrogens is 410 g/mol. The lowest BCUT2D eigenvalue weighted by Crippen LogP contribution is -2.49. The minimum atomic E-state index is -1.08. The molecule has 3 heterocycles. The van der Waals surface area contributed by atoms with Gasteiger partial charge in [-0.2, -0.15) is 0 Å². The molecule has 3 rings (SSSR count). The van der Waals surface area contributed by atoms with E-state index in [-0.39, 0.29) is 36.4 Å². The van der Waals surface area contributed by atoms with Crippen LogP contribution in [0.5, 0.6) is 0 Å². The van der Waals surface area contributed by atoms with Gasteiger partial charge >= 0.3 is 5.97 Å². The largest absolute Gasteiger partial charge is 0.467 e. The van der Waals surface area contributed by atoms with Gasteiger partial charge in [0, 0.05) is 32.5 Å². The summed E-state index contributed by atoms with van der Waals surface area (Å²) in [4.78, 5) is 64.0. The lowest BCUT2D eigenvalue weighted by Gasteiger charge is -2.34. The van der Waals surface area contributed by atoms with Gasteiger partial charge in [0.05, 0.1) is 13.2 Å². The molecule has 1 aromatic heterocycles. The first kappa shape index (κ1) is 22.2. The third-order valence-corrected chi connectivity index (χ3v) is 5.86. The molecular formula is C18H25N7O6. The number of primary amides is 2. The van der Waals surface area contributed by atoms with Gasteiger partial charge in [0.15, 0.2) is 17.4 Å². The lowest BCUT2D eigenvalue weighted by atomic mass is 9.94. The molecule has 1 aromatic rings. The molecule has 2 aliphatic heterocycles. The Morgan fingerprint density at radius 2 is 1.65 bits per heavy atom. The molecule has 0 aromatic carbocycles. The summed E-state index contributed by atoms with van der Waals surface area (Å²) in [6.07, 6.45) is 1.23. The summed E-state index contributed by atoms with van der Waals surface area (Å²) in [6.45, 7) is 2.61. The summed E-state index contributed by atoms with van der Waals surface area (Å²) < 4.78 is 5.98. The van der Waals surface area contributed by atoms with E-state index in [0.29, 0.717) is 25.9 Å². The maximum Gasteiger partial charge on any atom is 0.330 e. The van der Waals surface area contributed by atoms with Gasteiger partial charge in [-0.3, -0.25) is 19.2 Å². The highest BCUT2D eigenvalue weighted by atomic mass is 16.5. The highest BCUT2D eigenvalue weighted by molar-refractivity contribution is 6.03. The summed E-state index contributed by atoms with van der Waals surface area (Å²) >= 11 is 0. The van der Waals surface area contributed by atoms with Gasteiger partial charge in [-0.1, -0.05) is 5.21 Å². The SMILES string of the molecule is COC(=O)[C@@H]1[C@@H](n2nnc(C(N)=O)c2C(N)=O)CCN1C(=O)C1CCN(C(C)=O)CC1. The first-order valence-corrected chi connectivity index (χ1v) is 9.86. The third kappa shape index (κ3) is 4.07. The van der Waals surface area contributed by atoms with Crippen molar-refractivity contribution in [2.45, 2.75) is 38.3 Å². The van der Waals surface area contributed by atoms with Crippen LogP contribution in [0.25, 0.3) is 0 Å². The van der Waals surface area contributed by atoms with Crippen LogP contribution in [0.15, 0.2) is 0 Å². The maximum absolute atomic E-state index is 13.2. The van der Waals surface area contributed by atoms with Crippen molar-refractivity contribution in [3.8, 4) is 0 Å². The van der Waals surface area contributed by atoms with E-state index in [1.165, 1.54) is 18.9 Å². The van der Waals surface area contributed by atoms with Gasteiger partial charge in [-0.05, 0) is 19.3 Å². The number of likely N-dealkylation sites (tertiary alicyclic amines) is 2. The van der Waals surface area contributed by atoms with Crippen molar-refractivity contribution >= 4 is 29.6 Å². The molecule has 4 amide bonds. The summed E-state index contributed by atoms with van der Waals surface area (Å²) in [7, 11) is 1.19. The molecule has 13 heteroatoms. The quantitative estimate of drug-likeness (QED) is 0.500. The van der Waals surface area contributed by atoms with Crippen LogP contribution in [-0.4, -0.2) is 87.2 Å². The van der Waals surface area contributed by atoms with Crippen molar-refractivity contribution in [1.82, 2.24) is 24.8 Å². The Morgan fingerprint density at radius 1 is 1.00 bits per heavy atom. The zero-order chi connectivity index (χ0) is 22.9. The standard InChI is InChI=1S/C18H25N7O6/c1-9(26)23-6-3-10(4-7-23)17(29)24-8-5-11(13(24)18(30)31-2)25-14(16(20)28)12(15(19)27)21-22-25/h10-11,13H,3-8H2,1-2H3,(H2,19,27)(H2,20,28)/t11-,13-/m0/s1. The number of rotatable bonds is 5. The van der Waals surface area contributed by atoms with E-state index < -0.39 is 35.6 Å². The van der Waals surface area contributed by atoms with Gasteiger partial charge < -0.3 is 26.0 Å². The van der Waals surface area contributed by atoms with Gasteiger partial charge in [0.2, 0.25) is 11.8 Å². The van der Waals surface area contributed by atoms with E-state index in [4.69, 9.17) is 16.2 Å². The summed E-state index contributed by atoms with van der Waals surface area (Å²) in [5.74, 6) is -3.30. The fourth-order valence-corrected chi connectivity index (χ4v) is 4.28. The monoisotopic (exact) mass is 435 g/mol. The van der Waals surface area contributed by atoms with Crippen LogP contribution < -0.4 is 11.5 Å². The number of hydrogen-bond acceptors (Lipinski definition) is 8. The predicted molar refractivity (Wildman–Crippen MR) is 103 cm³/mol. The van der Waals surface area contributed by atoms with E-state index in [1.807, 2.05) is 0 Å². The molecule has 31 heavy (non-hydrogen) atoms. The predicted octanol–water partition coefficient (Wildman–Crippen LogP) is -1.95. The van der Waals surface area contributed by atoms with E-state index >= 15 is 0 Å². The third-order valence-electron chi connectivity index (χ3n) is 5.86.